The summed E-state index contributed by atoms with van der Waals surface area (Å²) in [5.41, 5.74) is 0.720. The Bertz CT molecular complexity index is 482. The van der Waals surface area contributed by atoms with Gasteiger partial charge in [-0.25, -0.2) is 0 Å². The lowest BCUT2D eigenvalue weighted by molar-refractivity contribution is -0.121. The molecule has 0 aliphatic carbocycles. The normalized spacial score (nSPS) is 14.0. The van der Waals surface area contributed by atoms with Crippen molar-refractivity contribution in [3.8, 4) is 0 Å². The first-order chi connectivity index (χ1) is 10.7. The van der Waals surface area contributed by atoms with Crippen molar-refractivity contribution in [1.29, 1.82) is 0 Å². The molecule has 1 saturated heterocycles. The van der Waals surface area contributed by atoms with E-state index in [2.05, 4.69) is 20.9 Å². The van der Waals surface area contributed by atoms with E-state index in [-0.39, 0.29) is 43.0 Å². The molecule has 0 bridgehead atoms. The van der Waals surface area contributed by atoms with Crippen molar-refractivity contribution in [3.05, 3.63) is 24.5 Å². The number of nitrogens with zero attached hydrogens (tertiary/aromatic N) is 1. The zero-order valence-corrected chi connectivity index (χ0v) is 15.3. The van der Waals surface area contributed by atoms with E-state index < -0.39 is 0 Å². The molecule has 6 nitrogen and oxygen atoms in total. The minimum absolute atomic E-state index is 0. The van der Waals surface area contributed by atoms with Gasteiger partial charge in [0.1, 0.15) is 0 Å². The fraction of sp³-hybridized carbons (Fsp3) is 0.562. The van der Waals surface area contributed by atoms with E-state index in [0.29, 0.717) is 18.9 Å². The number of rotatable bonds is 7. The molecule has 1 aromatic rings. The number of hydrogen-bond donors (Lipinski definition) is 3. The van der Waals surface area contributed by atoms with Crippen LogP contribution in [0.2, 0.25) is 0 Å². The first kappa shape index (κ1) is 22.6. The Labute approximate surface area is 155 Å². The Morgan fingerprint density at radius 1 is 1.08 bits per heavy atom. The van der Waals surface area contributed by atoms with Gasteiger partial charge in [-0.15, -0.1) is 24.8 Å². The van der Waals surface area contributed by atoms with E-state index in [0.717, 1.165) is 38.0 Å². The maximum Gasteiger partial charge on any atom is 0.226 e. The van der Waals surface area contributed by atoms with E-state index in [1.165, 1.54) is 0 Å². The number of carbonyl (C=O) groups excluding carboxylic acids is 2. The van der Waals surface area contributed by atoms with Gasteiger partial charge in [-0.2, -0.15) is 0 Å². The van der Waals surface area contributed by atoms with Crippen LogP contribution >= 0.6 is 24.8 Å². The molecule has 1 aliphatic heterocycles. The number of carbonyl (C=O) groups is 2. The molecule has 0 spiro atoms. The fourth-order valence-corrected chi connectivity index (χ4v) is 2.57. The number of hydrogen-bond acceptors (Lipinski definition) is 4. The number of aromatic nitrogens is 1. The van der Waals surface area contributed by atoms with Crippen molar-refractivity contribution >= 4 is 42.3 Å². The minimum Gasteiger partial charge on any atom is -0.356 e. The molecule has 0 radical (unpaired) electrons. The molecule has 2 rings (SSSR count). The van der Waals surface area contributed by atoms with Crippen molar-refractivity contribution in [1.82, 2.24) is 15.6 Å². The van der Waals surface area contributed by atoms with Crippen molar-refractivity contribution in [2.45, 2.75) is 32.1 Å². The summed E-state index contributed by atoms with van der Waals surface area (Å²) >= 11 is 0. The molecule has 1 fully saturated rings. The van der Waals surface area contributed by atoms with Crippen LogP contribution in [0.1, 0.15) is 32.1 Å². The summed E-state index contributed by atoms with van der Waals surface area (Å²) in [6, 6.07) is 3.46. The average molecular weight is 377 g/mol. The minimum atomic E-state index is -0.107. The molecule has 0 aromatic carbocycles. The molecular formula is C16H26Cl2N4O2. The molecule has 8 heteroatoms. The number of pyridine rings is 1. The van der Waals surface area contributed by atoms with Gasteiger partial charge in [0.15, 0.2) is 0 Å². The Balaban J connectivity index is 0.00000264. The third kappa shape index (κ3) is 9.05. The Kier molecular flexibility index (Phi) is 12.2. The molecule has 1 aliphatic rings. The second-order valence-corrected chi connectivity index (χ2v) is 5.62. The number of anilines is 1. The van der Waals surface area contributed by atoms with Crippen LogP contribution in [0.4, 0.5) is 5.69 Å². The van der Waals surface area contributed by atoms with Crippen LogP contribution in [0.15, 0.2) is 24.5 Å². The van der Waals surface area contributed by atoms with E-state index >= 15 is 0 Å². The van der Waals surface area contributed by atoms with Crippen molar-refractivity contribution < 1.29 is 9.59 Å². The van der Waals surface area contributed by atoms with Gasteiger partial charge in [0, 0.05) is 37.5 Å². The maximum absolute atomic E-state index is 11.8. The van der Waals surface area contributed by atoms with Crippen LogP contribution in [0.3, 0.4) is 0 Å². The highest BCUT2D eigenvalue weighted by Crippen LogP contribution is 2.17. The predicted octanol–water partition coefficient (Wildman–Crippen LogP) is 2.15. The van der Waals surface area contributed by atoms with Crippen LogP contribution < -0.4 is 16.0 Å². The molecule has 1 aromatic heterocycles. The largest absolute Gasteiger partial charge is 0.356 e. The van der Waals surface area contributed by atoms with Gasteiger partial charge in [-0.3, -0.25) is 14.6 Å². The first-order valence-corrected chi connectivity index (χ1v) is 7.91. The molecule has 24 heavy (non-hydrogen) atoms. The van der Waals surface area contributed by atoms with Gasteiger partial charge in [0.25, 0.3) is 0 Å². The van der Waals surface area contributed by atoms with Gasteiger partial charge in [-0.1, -0.05) is 0 Å². The van der Waals surface area contributed by atoms with Crippen LogP contribution in [-0.4, -0.2) is 36.4 Å². The molecule has 3 N–H and O–H groups in total. The SMILES string of the molecule is Cl.Cl.O=C(CCC1CCNCC1)NCCC(=O)Nc1ccncc1. The standard InChI is InChI=1S/C16H24N4O2.2ClH/c21-15(2-1-13-3-8-17-9-4-13)19-12-7-16(22)20-14-5-10-18-11-6-14;;/h5-6,10-11,13,17H,1-4,7-9,12H2,(H,19,21)(H,18,20,22);2*1H. The van der Waals surface area contributed by atoms with E-state index in [1.54, 1.807) is 24.5 Å². The smallest absolute Gasteiger partial charge is 0.226 e. The predicted molar refractivity (Wildman–Crippen MR) is 99.8 cm³/mol. The molecular weight excluding hydrogens is 351 g/mol. The van der Waals surface area contributed by atoms with E-state index in [4.69, 9.17) is 0 Å². The summed E-state index contributed by atoms with van der Waals surface area (Å²) < 4.78 is 0. The van der Waals surface area contributed by atoms with Crippen molar-refractivity contribution in [2.75, 3.05) is 25.0 Å². The molecule has 136 valence electrons. The van der Waals surface area contributed by atoms with Crippen LogP contribution in [0, 0.1) is 5.92 Å². The highest BCUT2D eigenvalue weighted by molar-refractivity contribution is 5.91. The molecule has 2 heterocycles. The summed E-state index contributed by atoms with van der Waals surface area (Å²) in [4.78, 5) is 27.4. The van der Waals surface area contributed by atoms with E-state index in [9.17, 15) is 9.59 Å². The third-order valence-electron chi connectivity index (χ3n) is 3.88. The number of nitrogens with one attached hydrogen (secondary N) is 3. The molecule has 0 atom stereocenters. The molecule has 0 saturated carbocycles. The Morgan fingerprint density at radius 2 is 1.75 bits per heavy atom. The first-order valence-electron chi connectivity index (χ1n) is 7.91. The quantitative estimate of drug-likeness (QED) is 0.680. The number of piperidine rings is 1. The summed E-state index contributed by atoms with van der Waals surface area (Å²) in [6.45, 7) is 2.49. The van der Waals surface area contributed by atoms with Crippen molar-refractivity contribution in [3.63, 3.8) is 0 Å². The summed E-state index contributed by atoms with van der Waals surface area (Å²) in [5.74, 6) is 0.585. The zero-order chi connectivity index (χ0) is 15.6. The monoisotopic (exact) mass is 376 g/mol. The lowest BCUT2D eigenvalue weighted by Gasteiger charge is -2.22. The summed E-state index contributed by atoms with van der Waals surface area (Å²) in [7, 11) is 0. The maximum atomic E-state index is 11.8. The Hall–Kier alpha value is -1.37. The number of halogens is 2. The fourth-order valence-electron chi connectivity index (χ4n) is 2.57. The highest BCUT2D eigenvalue weighted by Gasteiger charge is 2.14. The number of amides is 2. The van der Waals surface area contributed by atoms with Crippen LogP contribution in [0.5, 0.6) is 0 Å². The zero-order valence-electron chi connectivity index (χ0n) is 13.6. The molecule has 0 unspecified atom stereocenters. The summed E-state index contributed by atoms with van der Waals surface area (Å²) in [5, 5.41) is 8.89. The van der Waals surface area contributed by atoms with E-state index in [1.807, 2.05) is 0 Å². The summed E-state index contributed by atoms with van der Waals surface area (Å²) in [6.07, 6.45) is 7.33. The van der Waals surface area contributed by atoms with Gasteiger partial charge in [0.05, 0.1) is 0 Å². The second-order valence-electron chi connectivity index (χ2n) is 5.62. The Morgan fingerprint density at radius 3 is 2.42 bits per heavy atom. The van der Waals surface area contributed by atoms with Gasteiger partial charge >= 0.3 is 0 Å². The van der Waals surface area contributed by atoms with Gasteiger partial charge in [-0.05, 0) is 50.4 Å². The van der Waals surface area contributed by atoms with Gasteiger partial charge in [0.2, 0.25) is 11.8 Å². The second kappa shape index (κ2) is 13.0. The van der Waals surface area contributed by atoms with Crippen molar-refractivity contribution in [2.24, 2.45) is 5.92 Å². The third-order valence-corrected chi connectivity index (χ3v) is 3.88. The van der Waals surface area contributed by atoms with Crippen LogP contribution in [0.25, 0.3) is 0 Å². The topological polar surface area (TPSA) is 83.1 Å². The lowest BCUT2D eigenvalue weighted by atomic mass is 9.93. The highest BCUT2D eigenvalue weighted by atomic mass is 35.5. The lowest BCUT2D eigenvalue weighted by Crippen LogP contribution is -2.30. The average Bonchev–Trinajstić information content (AvgIpc) is 2.55. The van der Waals surface area contributed by atoms with Gasteiger partial charge < -0.3 is 16.0 Å². The molecule has 2 amide bonds. The van der Waals surface area contributed by atoms with Crippen LogP contribution in [-0.2, 0) is 9.59 Å².